The molecule has 0 radical (unpaired) electrons. The third-order valence-corrected chi connectivity index (χ3v) is 2.86. The summed E-state index contributed by atoms with van der Waals surface area (Å²) in [7, 11) is 1.71. The fraction of sp³-hybridized carbons (Fsp3) is 0.875. The Morgan fingerprint density at radius 2 is 2.30 bits per heavy atom. The Balaban J connectivity index is 2.16. The van der Waals surface area contributed by atoms with E-state index in [2.05, 4.69) is 0 Å². The van der Waals surface area contributed by atoms with Crippen molar-refractivity contribution in [3.05, 3.63) is 0 Å². The van der Waals surface area contributed by atoms with Crippen molar-refractivity contribution in [1.29, 1.82) is 0 Å². The summed E-state index contributed by atoms with van der Waals surface area (Å²) in [6, 6.07) is 0. The summed E-state index contributed by atoms with van der Waals surface area (Å²) in [4.78, 5) is 11.3. The van der Waals surface area contributed by atoms with Gasteiger partial charge >= 0.3 is 0 Å². The lowest BCUT2D eigenvalue weighted by Crippen LogP contribution is -2.19. The minimum absolute atomic E-state index is 0.256. The number of hydrogen-bond donors (Lipinski definition) is 0. The molecule has 0 amide bonds. The average Bonchev–Trinajstić information content (AvgIpc) is 2.46. The summed E-state index contributed by atoms with van der Waals surface area (Å²) in [5.74, 6) is 1.08. The lowest BCUT2D eigenvalue weighted by Gasteiger charge is -2.17. The molecule has 0 aliphatic heterocycles. The number of ether oxygens (including phenoxy) is 1. The quantitative estimate of drug-likeness (QED) is 0.543. The molecule has 56 valence electrons. The van der Waals surface area contributed by atoms with Gasteiger partial charge in [-0.2, -0.15) is 0 Å². The largest absolute Gasteiger partial charge is 0.381 e. The van der Waals surface area contributed by atoms with Gasteiger partial charge in [0.05, 0.1) is 6.10 Å². The topological polar surface area (TPSA) is 26.3 Å². The zero-order chi connectivity index (χ0) is 7.14. The fourth-order valence-electron chi connectivity index (χ4n) is 2.28. The van der Waals surface area contributed by atoms with E-state index < -0.39 is 0 Å². The van der Waals surface area contributed by atoms with Gasteiger partial charge in [0.1, 0.15) is 5.78 Å². The Morgan fingerprint density at radius 3 is 2.60 bits per heavy atom. The third kappa shape index (κ3) is 0.655. The Kier molecular flexibility index (Phi) is 1.31. The first-order valence-corrected chi connectivity index (χ1v) is 3.89. The van der Waals surface area contributed by atoms with Crippen LogP contribution >= 0.6 is 0 Å². The van der Waals surface area contributed by atoms with E-state index in [1.807, 2.05) is 0 Å². The second-order valence-electron chi connectivity index (χ2n) is 3.29. The first kappa shape index (κ1) is 6.35. The van der Waals surface area contributed by atoms with Gasteiger partial charge in [0.25, 0.3) is 0 Å². The van der Waals surface area contributed by atoms with Crippen LogP contribution in [0.3, 0.4) is 0 Å². The summed E-state index contributed by atoms with van der Waals surface area (Å²) in [6.07, 6.45) is 3.43. The number of methoxy groups -OCH3 is 1. The van der Waals surface area contributed by atoms with Gasteiger partial charge in [-0.1, -0.05) is 0 Å². The number of ketones is 1. The minimum Gasteiger partial charge on any atom is -0.381 e. The molecule has 2 nitrogen and oxygen atoms in total. The molecular formula is C8H12O2. The lowest BCUT2D eigenvalue weighted by molar-refractivity contribution is -0.122. The predicted molar refractivity (Wildman–Crippen MR) is 36.6 cm³/mol. The molecule has 0 aromatic rings. The Hall–Kier alpha value is -0.370. The van der Waals surface area contributed by atoms with Crippen LogP contribution < -0.4 is 0 Å². The van der Waals surface area contributed by atoms with Crippen LogP contribution in [0.4, 0.5) is 0 Å². The van der Waals surface area contributed by atoms with Gasteiger partial charge in [0.15, 0.2) is 0 Å². The van der Waals surface area contributed by atoms with Gasteiger partial charge in [0, 0.05) is 18.9 Å². The second kappa shape index (κ2) is 2.06. The number of carbonyl (C=O) groups is 1. The molecule has 2 heteroatoms. The van der Waals surface area contributed by atoms with Crippen LogP contribution in [0.5, 0.6) is 0 Å². The maximum Gasteiger partial charge on any atom is 0.141 e. The molecule has 2 aliphatic carbocycles. The van der Waals surface area contributed by atoms with Crippen molar-refractivity contribution in [2.45, 2.75) is 25.4 Å². The van der Waals surface area contributed by atoms with Gasteiger partial charge in [-0.15, -0.1) is 0 Å². The van der Waals surface area contributed by atoms with Gasteiger partial charge < -0.3 is 4.74 Å². The van der Waals surface area contributed by atoms with Crippen molar-refractivity contribution in [2.75, 3.05) is 7.11 Å². The highest BCUT2D eigenvalue weighted by atomic mass is 16.5. The lowest BCUT2D eigenvalue weighted by atomic mass is 9.98. The standard InChI is InChI=1S/C8H12O2/c1-10-7-4-5-2-3-6(7)8(5)9/h5-7H,2-4H2,1H3/t5-,6+,7+/m1/s1. The summed E-state index contributed by atoms with van der Waals surface area (Å²) >= 11 is 0. The van der Waals surface area contributed by atoms with Gasteiger partial charge in [-0.25, -0.2) is 0 Å². The van der Waals surface area contributed by atoms with Crippen molar-refractivity contribution in [3.63, 3.8) is 0 Å². The molecule has 3 atom stereocenters. The molecule has 2 saturated carbocycles. The number of fused-ring (bicyclic) bond motifs is 2. The highest BCUT2D eigenvalue weighted by Crippen LogP contribution is 2.42. The summed E-state index contributed by atoms with van der Waals surface area (Å²) in [6.45, 7) is 0. The molecular weight excluding hydrogens is 128 g/mol. The smallest absolute Gasteiger partial charge is 0.141 e. The molecule has 0 N–H and O–H groups in total. The third-order valence-electron chi connectivity index (χ3n) is 2.86. The SMILES string of the molecule is CO[C@H]1C[C@H]2CC[C@@H]1C2=O. The molecule has 10 heavy (non-hydrogen) atoms. The highest BCUT2D eigenvalue weighted by Gasteiger charge is 2.47. The van der Waals surface area contributed by atoms with E-state index in [9.17, 15) is 4.79 Å². The summed E-state index contributed by atoms with van der Waals surface area (Å²) in [5, 5.41) is 0. The zero-order valence-electron chi connectivity index (χ0n) is 6.17. The van der Waals surface area contributed by atoms with E-state index >= 15 is 0 Å². The zero-order valence-corrected chi connectivity index (χ0v) is 6.17. The first-order chi connectivity index (χ1) is 4.83. The molecule has 0 aromatic heterocycles. The van der Waals surface area contributed by atoms with Crippen molar-refractivity contribution >= 4 is 5.78 Å². The fourth-order valence-corrected chi connectivity index (χ4v) is 2.28. The summed E-state index contributed by atoms with van der Waals surface area (Å²) in [5.41, 5.74) is 0. The Morgan fingerprint density at radius 1 is 1.50 bits per heavy atom. The van der Waals surface area contributed by atoms with E-state index in [1.54, 1.807) is 7.11 Å². The van der Waals surface area contributed by atoms with Crippen molar-refractivity contribution in [1.82, 2.24) is 0 Å². The molecule has 2 fully saturated rings. The Labute approximate surface area is 60.6 Å². The van der Waals surface area contributed by atoms with E-state index in [-0.39, 0.29) is 12.0 Å². The normalized spacial score (nSPS) is 44.9. The maximum absolute atomic E-state index is 11.3. The first-order valence-electron chi connectivity index (χ1n) is 3.89. The van der Waals surface area contributed by atoms with Crippen LogP contribution in [0.2, 0.25) is 0 Å². The Bertz CT molecular complexity index is 165. The predicted octanol–water partition coefficient (Wildman–Crippen LogP) is 1.00. The maximum atomic E-state index is 11.3. The number of Topliss-reactive ketones (excluding diaryl/α,β-unsaturated/α-hetero) is 1. The van der Waals surface area contributed by atoms with Crippen LogP contribution in [-0.4, -0.2) is 19.0 Å². The number of rotatable bonds is 1. The van der Waals surface area contributed by atoms with E-state index in [1.165, 1.54) is 0 Å². The van der Waals surface area contributed by atoms with Crippen LogP contribution in [-0.2, 0) is 9.53 Å². The van der Waals surface area contributed by atoms with Crippen molar-refractivity contribution < 1.29 is 9.53 Å². The molecule has 0 spiro atoms. The van der Waals surface area contributed by atoms with Gasteiger partial charge in [-0.3, -0.25) is 4.79 Å². The molecule has 2 bridgehead atoms. The van der Waals surface area contributed by atoms with E-state index in [0.29, 0.717) is 11.7 Å². The van der Waals surface area contributed by atoms with Crippen LogP contribution in [0.1, 0.15) is 19.3 Å². The molecule has 0 aromatic carbocycles. The molecule has 0 heterocycles. The molecule has 0 saturated heterocycles. The van der Waals surface area contributed by atoms with Crippen molar-refractivity contribution in [3.8, 4) is 0 Å². The molecule has 2 aliphatic rings. The summed E-state index contributed by atoms with van der Waals surface area (Å²) < 4.78 is 5.19. The second-order valence-corrected chi connectivity index (χ2v) is 3.29. The van der Waals surface area contributed by atoms with Crippen LogP contribution in [0.15, 0.2) is 0 Å². The molecule has 2 rings (SSSR count). The number of carbonyl (C=O) groups excluding carboxylic acids is 1. The minimum atomic E-state index is 0.256. The average molecular weight is 140 g/mol. The number of hydrogen-bond acceptors (Lipinski definition) is 2. The van der Waals surface area contributed by atoms with Gasteiger partial charge in [0.2, 0.25) is 0 Å². The van der Waals surface area contributed by atoms with Gasteiger partial charge in [-0.05, 0) is 19.3 Å². The molecule has 0 unspecified atom stereocenters. The van der Waals surface area contributed by atoms with Crippen LogP contribution in [0.25, 0.3) is 0 Å². The monoisotopic (exact) mass is 140 g/mol. The van der Waals surface area contributed by atoms with E-state index in [4.69, 9.17) is 4.74 Å². The van der Waals surface area contributed by atoms with E-state index in [0.717, 1.165) is 19.3 Å². The van der Waals surface area contributed by atoms with Crippen LogP contribution in [0, 0.1) is 11.8 Å². The highest BCUT2D eigenvalue weighted by molar-refractivity contribution is 5.88. The van der Waals surface area contributed by atoms with Crippen molar-refractivity contribution in [2.24, 2.45) is 11.8 Å².